The van der Waals surface area contributed by atoms with Crippen molar-refractivity contribution in [1.29, 1.82) is 0 Å². The van der Waals surface area contributed by atoms with E-state index < -0.39 is 36.0 Å². The van der Waals surface area contributed by atoms with Crippen molar-refractivity contribution in [3.63, 3.8) is 0 Å². The Kier molecular flexibility index (Phi) is 4.73. The smallest absolute Gasteiger partial charge is 0.391 e. The summed E-state index contributed by atoms with van der Waals surface area (Å²) in [6.07, 6.45) is -22.5. The van der Waals surface area contributed by atoms with Gasteiger partial charge in [-0.2, -0.15) is 39.5 Å². The van der Waals surface area contributed by atoms with Gasteiger partial charge in [0, 0.05) is 12.3 Å². The van der Waals surface area contributed by atoms with E-state index in [2.05, 4.69) is 9.72 Å². The molecule has 1 heterocycles. The second-order valence-corrected chi connectivity index (χ2v) is 3.93. The molecular formula is C10H5F9N2O2. The molecule has 0 aliphatic rings. The number of ether oxygens (including phenoxy) is 1. The van der Waals surface area contributed by atoms with Crippen LogP contribution in [0.4, 0.5) is 44.3 Å². The van der Waals surface area contributed by atoms with E-state index in [1.807, 2.05) is 0 Å². The number of pyridine rings is 1. The van der Waals surface area contributed by atoms with Crippen LogP contribution in [0.1, 0.15) is 0 Å². The van der Waals surface area contributed by atoms with Gasteiger partial charge in [-0.3, -0.25) is 5.32 Å². The van der Waals surface area contributed by atoms with E-state index in [1.165, 1.54) is 6.07 Å². The fraction of sp³-hybridized carbons (Fsp3) is 0.400. The number of carbonyl (C=O) groups is 1. The second kappa shape index (κ2) is 5.77. The Morgan fingerprint density at radius 1 is 0.913 bits per heavy atom. The minimum absolute atomic E-state index is 0.177. The first-order valence-corrected chi connectivity index (χ1v) is 5.33. The molecule has 0 unspecified atom stereocenters. The van der Waals surface area contributed by atoms with Gasteiger partial charge in [-0.05, 0) is 6.07 Å². The third-order valence-corrected chi connectivity index (χ3v) is 2.40. The first-order chi connectivity index (χ1) is 10.2. The Bertz CT molecular complexity index is 514. The minimum Gasteiger partial charge on any atom is -0.391 e. The van der Waals surface area contributed by atoms with Gasteiger partial charge in [-0.25, -0.2) is 9.78 Å². The van der Waals surface area contributed by atoms with E-state index in [4.69, 9.17) is 0 Å². The lowest BCUT2D eigenvalue weighted by molar-refractivity contribution is -0.386. The number of hydrogen-bond donors (Lipinski definition) is 1. The molecule has 0 bridgehead atoms. The van der Waals surface area contributed by atoms with Crippen molar-refractivity contribution in [3.05, 3.63) is 24.4 Å². The summed E-state index contributed by atoms with van der Waals surface area (Å²) in [4.78, 5) is 14.3. The number of nitrogens with zero attached hydrogens (tertiary/aromatic N) is 1. The highest BCUT2D eigenvalue weighted by Crippen LogP contribution is 2.52. The van der Waals surface area contributed by atoms with Crippen molar-refractivity contribution in [3.8, 4) is 5.88 Å². The van der Waals surface area contributed by atoms with Crippen LogP contribution in [0.5, 0.6) is 5.88 Å². The number of rotatable bonds is 2. The zero-order valence-corrected chi connectivity index (χ0v) is 10.5. The van der Waals surface area contributed by atoms with Gasteiger partial charge in [0.25, 0.3) is 0 Å². The van der Waals surface area contributed by atoms with Crippen molar-refractivity contribution < 1.29 is 49.0 Å². The van der Waals surface area contributed by atoms with Crippen LogP contribution in [-0.2, 0) is 0 Å². The molecule has 0 fully saturated rings. The molecule has 4 nitrogen and oxygen atoms in total. The molecule has 0 radical (unpaired) electrons. The Hall–Kier alpha value is -2.21. The SMILES string of the molecule is O=C(NC(C(F)(F)F)(C(F)(F)F)C(F)(F)F)Oc1ccccn1. The third-order valence-electron chi connectivity index (χ3n) is 2.40. The molecule has 23 heavy (non-hydrogen) atoms. The lowest BCUT2D eigenvalue weighted by Gasteiger charge is -2.38. The quantitative estimate of drug-likeness (QED) is 0.824. The molecular weight excluding hydrogens is 351 g/mol. The molecule has 130 valence electrons. The van der Waals surface area contributed by atoms with Crippen LogP contribution in [0, 0.1) is 0 Å². The highest BCUT2D eigenvalue weighted by atomic mass is 19.4. The summed E-state index contributed by atoms with van der Waals surface area (Å²) in [6, 6.07) is 3.20. The Balaban J connectivity index is 3.24. The van der Waals surface area contributed by atoms with Crippen molar-refractivity contribution in [2.45, 2.75) is 24.1 Å². The van der Waals surface area contributed by atoms with E-state index in [0.717, 1.165) is 18.3 Å². The number of alkyl halides is 9. The van der Waals surface area contributed by atoms with E-state index in [-0.39, 0.29) is 5.32 Å². The number of aromatic nitrogens is 1. The Morgan fingerprint density at radius 3 is 1.74 bits per heavy atom. The van der Waals surface area contributed by atoms with Crippen LogP contribution in [0.2, 0.25) is 0 Å². The maximum Gasteiger partial charge on any atom is 0.429 e. The standard InChI is InChI=1S/C10H5F9N2O2/c11-8(12,13)7(9(14,15)16,10(17,18)19)21-6(22)23-5-3-1-2-4-20-5/h1-4H,(H,21,22). The summed E-state index contributed by atoms with van der Waals surface area (Å²) in [5, 5.41) is -0.177. The van der Waals surface area contributed by atoms with Crippen molar-refractivity contribution in [1.82, 2.24) is 10.3 Å². The van der Waals surface area contributed by atoms with E-state index in [0.29, 0.717) is 0 Å². The molecule has 0 atom stereocenters. The van der Waals surface area contributed by atoms with Crippen LogP contribution < -0.4 is 10.1 Å². The topological polar surface area (TPSA) is 51.2 Å². The molecule has 0 spiro atoms. The fourth-order valence-corrected chi connectivity index (χ4v) is 1.38. The monoisotopic (exact) mass is 356 g/mol. The Morgan fingerprint density at radius 2 is 1.39 bits per heavy atom. The maximum atomic E-state index is 12.5. The summed E-state index contributed by atoms with van der Waals surface area (Å²) < 4.78 is 117. The number of hydrogen-bond acceptors (Lipinski definition) is 3. The van der Waals surface area contributed by atoms with Crippen LogP contribution in [0.25, 0.3) is 0 Å². The molecule has 1 amide bonds. The van der Waals surface area contributed by atoms with Crippen molar-refractivity contribution >= 4 is 6.09 Å². The van der Waals surface area contributed by atoms with Gasteiger partial charge in [0.2, 0.25) is 5.88 Å². The summed E-state index contributed by atoms with van der Waals surface area (Å²) in [5.74, 6) is -0.801. The molecule has 1 N–H and O–H groups in total. The van der Waals surface area contributed by atoms with Crippen LogP contribution in [0.15, 0.2) is 24.4 Å². The molecule has 0 aliphatic carbocycles. The lowest BCUT2D eigenvalue weighted by Crippen LogP contribution is -2.75. The number of nitrogens with one attached hydrogen (secondary N) is 1. The molecule has 0 saturated carbocycles. The normalized spacial score (nSPS) is 13.6. The van der Waals surface area contributed by atoms with E-state index in [1.54, 1.807) is 0 Å². The van der Waals surface area contributed by atoms with Gasteiger partial charge >= 0.3 is 30.2 Å². The summed E-state index contributed by atoms with van der Waals surface area (Å²) in [5.41, 5.74) is -6.49. The molecule has 1 aromatic heterocycles. The predicted molar refractivity (Wildman–Crippen MR) is 54.3 cm³/mol. The van der Waals surface area contributed by atoms with Crippen molar-refractivity contribution in [2.24, 2.45) is 0 Å². The predicted octanol–water partition coefficient (Wildman–Crippen LogP) is 3.60. The molecule has 13 heteroatoms. The highest BCUT2D eigenvalue weighted by molar-refractivity contribution is 5.71. The summed E-state index contributed by atoms with van der Waals surface area (Å²) in [7, 11) is 0. The first kappa shape index (κ1) is 18.8. The van der Waals surface area contributed by atoms with Gasteiger partial charge in [-0.1, -0.05) is 6.07 Å². The van der Waals surface area contributed by atoms with Crippen molar-refractivity contribution in [2.75, 3.05) is 0 Å². The van der Waals surface area contributed by atoms with Gasteiger partial charge in [0.15, 0.2) is 0 Å². The van der Waals surface area contributed by atoms with Crippen LogP contribution in [0.3, 0.4) is 0 Å². The average molecular weight is 356 g/mol. The highest BCUT2D eigenvalue weighted by Gasteiger charge is 2.85. The minimum atomic E-state index is -6.92. The molecule has 1 aromatic rings. The van der Waals surface area contributed by atoms with E-state index in [9.17, 15) is 44.3 Å². The summed E-state index contributed by atoms with van der Waals surface area (Å²) >= 11 is 0. The number of amides is 1. The lowest BCUT2D eigenvalue weighted by atomic mass is 9.97. The van der Waals surface area contributed by atoms with Gasteiger partial charge in [0.1, 0.15) is 0 Å². The van der Waals surface area contributed by atoms with Crippen LogP contribution in [-0.4, -0.2) is 35.1 Å². The second-order valence-electron chi connectivity index (χ2n) is 3.93. The zero-order chi connectivity index (χ0) is 18.1. The maximum absolute atomic E-state index is 12.5. The number of halogens is 9. The zero-order valence-electron chi connectivity index (χ0n) is 10.5. The van der Waals surface area contributed by atoms with E-state index >= 15 is 0 Å². The van der Waals surface area contributed by atoms with Gasteiger partial charge in [0.05, 0.1) is 0 Å². The van der Waals surface area contributed by atoms with Crippen LogP contribution >= 0.6 is 0 Å². The Labute approximate surface area is 121 Å². The molecule has 0 aliphatic heterocycles. The fourth-order valence-electron chi connectivity index (χ4n) is 1.38. The molecule has 1 rings (SSSR count). The van der Waals surface area contributed by atoms with Gasteiger partial charge < -0.3 is 4.74 Å². The summed E-state index contributed by atoms with van der Waals surface area (Å²) in [6.45, 7) is 0. The number of carbonyl (C=O) groups excluding carboxylic acids is 1. The third kappa shape index (κ3) is 3.59. The molecule has 0 saturated heterocycles. The largest absolute Gasteiger partial charge is 0.429 e. The first-order valence-electron chi connectivity index (χ1n) is 5.33. The van der Waals surface area contributed by atoms with Gasteiger partial charge in [-0.15, -0.1) is 0 Å². The molecule has 0 aromatic carbocycles. The average Bonchev–Trinajstić information content (AvgIpc) is 2.32.